The van der Waals surface area contributed by atoms with Gasteiger partial charge in [0, 0.05) is 32.2 Å². The van der Waals surface area contributed by atoms with Crippen LogP contribution in [-0.4, -0.2) is 43.3 Å². The predicted octanol–water partition coefficient (Wildman–Crippen LogP) is 2.26. The molecule has 2 aliphatic heterocycles. The summed E-state index contributed by atoms with van der Waals surface area (Å²) in [6, 6.07) is 13.9. The molecule has 1 saturated heterocycles. The molecular formula is C18H19FN2O2S. The summed E-state index contributed by atoms with van der Waals surface area (Å²) in [5.41, 5.74) is 2.72. The predicted molar refractivity (Wildman–Crippen MR) is 89.5 cm³/mol. The first-order chi connectivity index (χ1) is 11.5. The number of hydrogen-bond donors (Lipinski definition) is 0. The molecule has 0 N–H and O–H groups in total. The van der Waals surface area contributed by atoms with E-state index in [2.05, 4.69) is 23.1 Å². The van der Waals surface area contributed by atoms with Gasteiger partial charge in [-0.25, -0.2) is 12.8 Å². The Morgan fingerprint density at radius 2 is 1.75 bits per heavy atom. The Morgan fingerprint density at radius 3 is 2.50 bits per heavy atom. The van der Waals surface area contributed by atoms with E-state index in [1.165, 1.54) is 33.6 Å². The largest absolute Gasteiger partial charge is 0.293 e. The number of fused-ring (bicyclic) bond motifs is 1. The molecule has 0 radical (unpaired) electrons. The maximum Gasteiger partial charge on any atom is 0.243 e. The Balaban J connectivity index is 1.44. The fourth-order valence-electron chi connectivity index (χ4n) is 3.45. The van der Waals surface area contributed by atoms with E-state index in [0.29, 0.717) is 13.1 Å². The Kier molecular flexibility index (Phi) is 3.90. The van der Waals surface area contributed by atoms with Crippen molar-refractivity contribution < 1.29 is 12.8 Å². The average Bonchev–Trinajstić information content (AvgIpc) is 2.53. The van der Waals surface area contributed by atoms with E-state index in [4.69, 9.17) is 0 Å². The summed E-state index contributed by atoms with van der Waals surface area (Å²) in [5, 5.41) is 0. The molecule has 0 aliphatic carbocycles. The number of halogens is 1. The van der Waals surface area contributed by atoms with Crippen LogP contribution in [0.1, 0.15) is 11.1 Å². The highest BCUT2D eigenvalue weighted by molar-refractivity contribution is 7.89. The van der Waals surface area contributed by atoms with Crippen molar-refractivity contribution in [1.29, 1.82) is 0 Å². The molecular weight excluding hydrogens is 327 g/mol. The van der Waals surface area contributed by atoms with Crippen LogP contribution in [0.2, 0.25) is 0 Å². The van der Waals surface area contributed by atoms with E-state index in [1.54, 1.807) is 0 Å². The van der Waals surface area contributed by atoms with Gasteiger partial charge in [0.1, 0.15) is 5.82 Å². The number of sulfonamides is 1. The smallest absolute Gasteiger partial charge is 0.243 e. The quantitative estimate of drug-likeness (QED) is 0.856. The monoisotopic (exact) mass is 346 g/mol. The van der Waals surface area contributed by atoms with Crippen LogP contribution in [-0.2, 0) is 23.0 Å². The standard InChI is InChI=1S/C18H19FN2O2S/c19-16-6-3-7-18(10-16)24(22,23)21-12-17(13-21)20-9-8-14-4-1-2-5-15(14)11-20/h1-7,10,17H,8-9,11-13H2. The molecule has 0 bridgehead atoms. The first-order valence-electron chi connectivity index (χ1n) is 8.10. The van der Waals surface area contributed by atoms with Crippen molar-refractivity contribution in [2.24, 2.45) is 0 Å². The minimum Gasteiger partial charge on any atom is -0.293 e. The molecule has 0 saturated carbocycles. The summed E-state index contributed by atoms with van der Waals surface area (Å²) in [5.74, 6) is -0.527. The Bertz CT molecular complexity index is 863. The first kappa shape index (κ1) is 15.7. The SMILES string of the molecule is O=S(=O)(c1cccc(F)c1)N1CC(N2CCc3ccccc3C2)C1. The maximum atomic E-state index is 13.3. The summed E-state index contributed by atoms with van der Waals surface area (Å²) < 4.78 is 39.8. The molecule has 0 spiro atoms. The Hall–Kier alpha value is -1.76. The number of rotatable bonds is 3. The van der Waals surface area contributed by atoms with Crippen molar-refractivity contribution >= 4 is 10.0 Å². The second-order valence-electron chi connectivity index (χ2n) is 6.42. The van der Waals surface area contributed by atoms with Crippen LogP contribution >= 0.6 is 0 Å². The molecule has 2 heterocycles. The van der Waals surface area contributed by atoms with Gasteiger partial charge in [-0.2, -0.15) is 4.31 Å². The lowest BCUT2D eigenvalue weighted by Gasteiger charge is -2.46. The minimum absolute atomic E-state index is 0.0324. The van der Waals surface area contributed by atoms with Gasteiger partial charge in [-0.1, -0.05) is 30.3 Å². The summed E-state index contributed by atoms with van der Waals surface area (Å²) in [7, 11) is -3.59. The highest BCUT2D eigenvalue weighted by atomic mass is 32.2. The second kappa shape index (κ2) is 5.95. The van der Waals surface area contributed by atoms with Crippen molar-refractivity contribution in [1.82, 2.24) is 9.21 Å². The molecule has 0 atom stereocenters. The van der Waals surface area contributed by atoms with Gasteiger partial charge in [0.25, 0.3) is 0 Å². The van der Waals surface area contributed by atoms with Gasteiger partial charge >= 0.3 is 0 Å². The van der Waals surface area contributed by atoms with E-state index in [0.717, 1.165) is 25.6 Å². The summed E-state index contributed by atoms with van der Waals surface area (Å²) in [6.07, 6.45) is 1.00. The van der Waals surface area contributed by atoms with E-state index in [1.807, 2.05) is 6.07 Å². The van der Waals surface area contributed by atoms with E-state index in [9.17, 15) is 12.8 Å². The van der Waals surface area contributed by atoms with Crippen LogP contribution in [0.15, 0.2) is 53.4 Å². The molecule has 2 aromatic carbocycles. The zero-order valence-corrected chi connectivity index (χ0v) is 14.0. The van der Waals surface area contributed by atoms with Gasteiger partial charge in [-0.3, -0.25) is 4.90 Å². The van der Waals surface area contributed by atoms with E-state index >= 15 is 0 Å². The number of hydrogen-bond acceptors (Lipinski definition) is 3. The first-order valence-corrected chi connectivity index (χ1v) is 9.54. The molecule has 4 rings (SSSR count). The molecule has 2 aromatic rings. The lowest BCUT2D eigenvalue weighted by molar-refractivity contribution is 0.0769. The third-order valence-electron chi connectivity index (χ3n) is 4.94. The molecule has 0 unspecified atom stereocenters. The molecule has 4 nitrogen and oxygen atoms in total. The van der Waals surface area contributed by atoms with Gasteiger partial charge in [-0.15, -0.1) is 0 Å². The lowest BCUT2D eigenvalue weighted by Crippen LogP contribution is -2.61. The van der Waals surface area contributed by atoms with E-state index < -0.39 is 15.8 Å². The number of nitrogens with zero attached hydrogens (tertiary/aromatic N) is 2. The van der Waals surface area contributed by atoms with Crippen LogP contribution < -0.4 is 0 Å². The van der Waals surface area contributed by atoms with E-state index in [-0.39, 0.29) is 10.9 Å². The molecule has 2 aliphatic rings. The van der Waals surface area contributed by atoms with Gasteiger partial charge in [0.2, 0.25) is 10.0 Å². The molecule has 6 heteroatoms. The van der Waals surface area contributed by atoms with Crippen molar-refractivity contribution in [3.63, 3.8) is 0 Å². The molecule has 1 fully saturated rings. The van der Waals surface area contributed by atoms with Gasteiger partial charge < -0.3 is 0 Å². The van der Waals surface area contributed by atoms with Crippen molar-refractivity contribution in [2.75, 3.05) is 19.6 Å². The van der Waals surface area contributed by atoms with Crippen molar-refractivity contribution in [2.45, 2.75) is 23.9 Å². The number of benzene rings is 2. The normalized spacial score (nSPS) is 19.7. The minimum atomic E-state index is -3.59. The highest BCUT2D eigenvalue weighted by Crippen LogP contribution is 2.28. The Morgan fingerprint density at radius 1 is 1.00 bits per heavy atom. The molecule has 0 amide bonds. The summed E-state index contributed by atoms with van der Waals surface area (Å²) in [6.45, 7) is 2.77. The van der Waals surface area contributed by atoms with Crippen LogP contribution in [0, 0.1) is 5.82 Å². The average molecular weight is 346 g/mol. The maximum absolute atomic E-state index is 13.3. The zero-order chi connectivity index (χ0) is 16.7. The zero-order valence-electron chi connectivity index (χ0n) is 13.2. The molecule has 0 aromatic heterocycles. The topological polar surface area (TPSA) is 40.6 Å². The van der Waals surface area contributed by atoms with Crippen LogP contribution in [0.3, 0.4) is 0 Å². The van der Waals surface area contributed by atoms with Gasteiger partial charge in [0.05, 0.1) is 4.90 Å². The van der Waals surface area contributed by atoms with Gasteiger partial charge in [0.15, 0.2) is 0 Å². The second-order valence-corrected chi connectivity index (χ2v) is 8.36. The Labute approximate surface area is 141 Å². The van der Waals surface area contributed by atoms with Crippen LogP contribution in [0.4, 0.5) is 4.39 Å². The third kappa shape index (κ3) is 2.75. The third-order valence-corrected chi connectivity index (χ3v) is 6.77. The fraction of sp³-hybridized carbons (Fsp3) is 0.333. The van der Waals surface area contributed by atoms with Crippen molar-refractivity contribution in [3.8, 4) is 0 Å². The summed E-state index contributed by atoms with van der Waals surface area (Å²) in [4.78, 5) is 2.38. The van der Waals surface area contributed by atoms with Crippen molar-refractivity contribution in [3.05, 3.63) is 65.5 Å². The van der Waals surface area contributed by atoms with Crippen LogP contribution in [0.5, 0.6) is 0 Å². The summed E-state index contributed by atoms with van der Waals surface area (Å²) >= 11 is 0. The lowest BCUT2D eigenvalue weighted by atomic mass is 9.97. The fourth-order valence-corrected chi connectivity index (χ4v) is 5.00. The highest BCUT2D eigenvalue weighted by Gasteiger charge is 2.40. The van der Waals surface area contributed by atoms with Gasteiger partial charge in [-0.05, 0) is 35.7 Å². The van der Waals surface area contributed by atoms with Crippen LogP contribution in [0.25, 0.3) is 0 Å². The molecule has 24 heavy (non-hydrogen) atoms. The molecule has 126 valence electrons.